The molecule has 6 nitrogen and oxygen atoms in total. The Bertz CT molecular complexity index is 728. The largest absolute Gasteiger partial charge is 0.397 e. The Balaban J connectivity index is 1.90. The lowest BCUT2D eigenvalue weighted by atomic mass is 10.1. The van der Waals surface area contributed by atoms with E-state index >= 15 is 0 Å². The van der Waals surface area contributed by atoms with Gasteiger partial charge in [0.25, 0.3) is 5.91 Å². The minimum Gasteiger partial charge on any atom is -0.397 e. The van der Waals surface area contributed by atoms with E-state index < -0.39 is 0 Å². The van der Waals surface area contributed by atoms with Crippen LogP contribution in [0.15, 0.2) is 42.6 Å². The molecule has 0 radical (unpaired) electrons. The number of nitrogens with two attached hydrogens (primary N) is 1. The van der Waals surface area contributed by atoms with Crippen molar-refractivity contribution < 1.29 is 9.59 Å². The Morgan fingerprint density at radius 1 is 1.20 bits per heavy atom. The standard InChI is InChI=1S/C19H24N4O2/c1-3-13(2)10-18(24)22-12-15-9-8-14(11-21-15)19(25)23-17-7-5-4-6-16(17)20/h4-9,11,13H,3,10,12,20H2,1-2H3,(H,22,24)(H,23,25). The molecule has 1 aromatic carbocycles. The number of rotatable bonds is 7. The van der Waals surface area contributed by atoms with Crippen LogP contribution in [-0.4, -0.2) is 16.8 Å². The van der Waals surface area contributed by atoms with Gasteiger partial charge in [-0.2, -0.15) is 0 Å². The summed E-state index contributed by atoms with van der Waals surface area (Å²) in [5.41, 5.74) is 8.01. The van der Waals surface area contributed by atoms with Gasteiger partial charge in [-0.3, -0.25) is 14.6 Å². The number of hydrogen-bond donors (Lipinski definition) is 3. The maximum absolute atomic E-state index is 12.2. The zero-order valence-electron chi connectivity index (χ0n) is 14.6. The summed E-state index contributed by atoms with van der Waals surface area (Å²) < 4.78 is 0. The number of carbonyl (C=O) groups excluding carboxylic acids is 2. The molecular formula is C19H24N4O2. The van der Waals surface area contributed by atoms with Crippen LogP contribution >= 0.6 is 0 Å². The molecule has 0 bridgehead atoms. The fraction of sp³-hybridized carbons (Fsp3) is 0.316. The van der Waals surface area contributed by atoms with Crippen LogP contribution in [0.1, 0.15) is 42.7 Å². The molecule has 25 heavy (non-hydrogen) atoms. The number of benzene rings is 1. The summed E-state index contributed by atoms with van der Waals surface area (Å²) in [4.78, 5) is 28.2. The second-order valence-corrected chi connectivity index (χ2v) is 6.07. The van der Waals surface area contributed by atoms with Gasteiger partial charge in [-0.1, -0.05) is 32.4 Å². The number of para-hydroxylation sites is 2. The van der Waals surface area contributed by atoms with E-state index in [1.165, 1.54) is 6.20 Å². The third-order valence-corrected chi connectivity index (χ3v) is 3.99. The second-order valence-electron chi connectivity index (χ2n) is 6.07. The lowest BCUT2D eigenvalue weighted by molar-refractivity contribution is -0.122. The van der Waals surface area contributed by atoms with E-state index in [1.54, 1.807) is 36.4 Å². The third-order valence-electron chi connectivity index (χ3n) is 3.99. The lowest BCUT2D eigenvalue weighted by Gasteiger charge is -2.10. The maximum atomic E-state index is 12.2. The smallest absolute Gasteiger partial charge is 0.257 e. The number of nitrogens with zero attached hydrogens (tertiary/aromatic N) is 1. The highest BCUT2D eigenvalue weighted by Gasteiger charge is 2.10. The molecule has 132 valence electrons. The molecule has 2 rings (SSSR count). The Kier molecular flexibility index (Phi) is 6.51. The van der Waals surface area contributed by atoms with Gasteiger partial charge in [-0.15, -0.1) is 0 Å². The van der Waals surface area contributed by atoms with Crippen molar-refractivity contribution in [2.45, 2.75) is 33.2 Å². The summed E-state index contributed by atoms with van der Waals surface area (Å²) in [6.45, 7) is 4.46. The number of hydrogen-bond acceptors (Lipinski definition) is 4. The maximum Gasteiger partial charge on any atom is 0.257 e. The fourth-order valence-corrected chi connectivity index (χ4v) is 2.19. The molecule has 1 unspecified atom stereocenters. The Hall–Kier alpha value is -2.89. The summed E-state index contributed by atoms with van der Waals surface area (Å²) in [7, 11) is 0. The minimum atomic E-state index is -0.280. The number of nitrogens with one attached hydrogen (secondary N) is 2. The van der Waals surface area contributed by atoms with Gasteiger partial charge >= 0.3 is 0 Å². The van der Waals surface area contributed by atoms with Crippen molar-refractivity contribution in [1.82, 2.24) is 10.3 Å². The van der Waals surface area contributed by atoms with Gasteiger partial charge in [-0.25, -0.2) is 0 Å². The highest BCUT2D eigenvalue weighted by molar-refractivity contribution is 6.05. The predicted molar refractivity (Wildman–Crippen MR) is 99.0 cm³/mol. The van der Waals surface area contributed by atoms with E-state index in [9.17, 15) is 9.59 Å². The molecular weight excluding hydrogens is 316 g/mol. The Morgan fingerprint density at radius 2 is 1.96 bits per heavy atom. The number of amides is 2. The molecule has 0 spiro atoms. The van der Waals surface area contributed by atoms with Crippen molar-refractivity contribution in [3.8, 4) is 0 Å². The summed E-state index contributed by atoms with van der Waals surface area (Å²) >= 11 is 0. The van der Waals surface area contributed by atoms with Gasteiger partial charge < -0.3 is 16.4 Å². The molecule has 0 fully saturated rings. The number of aromatic nitrogens is 1. The fourth-order valence-electron chi connectivity index (χ4n) is 2.19. The van der Waals surface area contributed by atoms with E-state index in [2.05, 4.69) is 22.5 Å². The number of carbonyl (C=O) groups is 2. The molecule has 6 heteroatoms. The van der Waals surface area contributed by atoms with Gasteiger partial charge in [-0.05, 0) is 30.2 Å². The molecule has 1 aromatic heterocycles. The van der Waals surface area contributed by atoms with Crippen LogP contribution < -0.4 is 16.4 Å². The minimum absolute atomic E-state index is 0.0116. The summed E-state index contributed by atoms with van der Waals surface area (Å²) in [5.74, 6) is 0.0970. The first-order valence-corrected chi connectivity index (χ1v) is 8.37. The van der Waals surface area contributed by atoms with Gasteiger partial charge in [0, 0.05) is 12.6 Å². The van der Waals surface area contributed by atoms with Crippen LogP contribution in [-0.2, 0) is 11.3 Å². The van der Waals surface area contributed by atoms with Crippen LogP contribution in [0.5, 0.6) is 0 Å². The van der Waals surface area contributed by atoms with Gasteiger partial charge in [0.1, 0.15) is 0 Å². The van der Waals surface area contributed by atoms with E-state index in [0.29, 0.717) is 41.5 Å². The number of pyridine rings is 1. The normalized spacial score (nSPS) is 11.6. The first kappa shape index (κ1) is 18.4. The molecule has 0 aliphatic carbocycles. The highest BCUT2D eigenvalue weighted by atomic mass is 16.2. The first-order chi connectivity index (χ1) is 12.0. The predicted octanol–water partition coefficient (Wildman–Crippen LogP) is 2.97. The van der Waals surface area contributed by atoms with E-state index in [0.717, 1.165) is 6.42 Å². The SMILES string of the molecule is CCC(C)CC(=O)NCc1ccc(C(=O)Nc2ccccc2N)cn1. The van der Waals surface area contributed by atoms with Crippen LogP contribution in [0.25, 0.3) is 0 Å². The Labute approximate surface area is 147 Å². The molecule has 4 N–H and O–H groups in total. The quantitative estimate of drug-likeness (QED) is 0.675. The van der Waals surface area contributed by atoms with E-state index in [1.807, 2.05) is 6.92 Å². The molecule has 2 amide bonds. The van der Waals surface area contributed by atoms with E-state index in [-0.39, 0.29) is 11.8 Å². The van der Waals surface area contributed by atoms with E-state index in [4.69, 9.17) is 5.73 Å². The highest BCUT2D eigenvalue weighted by Crippen LogP contribution is 2.17. The molecule has 2 aromatic rings. The van der Waals surface area contributed by atoms with Crippen LogP contribution in [0.4, 0.5) is 11.4 Å². The van der Waals surface area contributed by atoms with Crippen molar-refractivity contribution in [2.24, 2.45) is 5.92 Å². The molecule has 1 atom stereocenters. The molecule has 0 saturated carbocycles. The van der Waals surface area contributed by atoms with Crippen LogP contribution in [0.3, 0.4) is 0 Å². The average molecular weight is 340 g/mol. The summed E-state index contributed by atoms with van der Waals surface area (Å²) in [6, 6.07) is 10.5. The van der Waals surface area contributed by atoms with Crippen LogP contribution in [0, 0.1) is 5.92 Å². The topological polar surface area (TPSA) is 97.1 Å². The monoisotopic (exact) mass is 340 g/mol. The number of nitrogen functional groups attached to an aromatic ring is 1. The first-order valence-electron chi connectivity index (χ1n) is 8.37. The summed E-state index contributed by atoms with van der Waals surface area (Å²) in [6.07, 6.45) is 2.97. The van der Waals surface area contributed by atoms with Gasteiger partial charge in [0.05, 0.1) is 29.2 Å². The molecule has 0 aliphatic rings. The zero-order valence-corrected chi connectivity index (χ0v) is 14.6. The zero-order chi connectivity index (χ0) is 18.2. The Morgan fingerprint density at radius 3 is 2.60 bits per heavy atom. The number of anilines is 2. The van der Waals surface area contributed by atoms with Gasteiger partial charge in [0.2, 0.25) is 5.91 Å². The molecule has 1 heterocycles. The molecule has 0 saturated heterocycles. The summed E-state index contributed by atoms with van der Waals surface area (Å²) in [5, 5.41) is 5.59. The third kappa shape index (κ3) is 5.60. The van der Waals surface area contributed by atoms with Gasteiger partial charge in [0.15, 0.2) is 0 Å². The van der Waals surface area contributed by atoms with Crippen LogP contribution in [0.2, 0.25) is 0 Å². The van der Waals surface area contributed by atoms with Crippen molar-refractivity contribution in [3.05, 3.63) is 53.9 Å². The lowest BCUT2D eigenvalue weighted by Crippen LogP contribution is -2.25. The molecule has 0 aliphatic heterocycles. The second kappa shape index (κ2) is 8.82. The van der Waals surface area contributed by atoms with Crippen molar-refractivity contribution >= 4 is 23.2 Å². The average Bonchev–Trinajstić information content (AvgIpc) is 2.62. The van der Waals surface area contributed by atoms with Crippen molar-refractivity contribution in [1.29, 1.82) is 0 Å². The van der Waals surface area contributed by atoms with Crippen molar-refractivity contribution in [3.63, 3.8) is 0 Å². The van der Waals surface area contributed by atoms with Crippen molar-refractivity contribution in [2.75, 3.05) is 11.1 Å².